The van der Waals surface area contributed by atoms with Gasteiger partial charge in [-0.05, 0) is 31.1 Å². The van der Waals surface area contributed by atoms with E-state index in [9.17, 15) is 39.6 Å². The summed E-state index contributed by atoms with van der Waals surface area (Å²) in [5.41, 5.74) is 0. The third kappa shape index (κ3) is 2.88. The van der Waals surface area contributed by atoms with E-state index < -0.39 is 49.3 Å². The van der Waals surface area contributed by atoms with Crippen molar-refractivity contribution in [3.05, 3.63) is 0 Å². The van der Waals surface area contributed by atoms with Crippen LogP contribution < -0.4 is 0 Å². The first-order valence-electron chi connectivity index (χ1n) is 7.78. The lowest BCUT2D eigenvalue weighted by Crippen LogP contribution is -2.68. The molecule has 3 aliphatic rings. The molecule has 3 fully saturated rings. The fourth-order valence-electron chi connectivity index (χ4n) is 4.23. The molecule has 3 atom stereocenters. The number of ether oxygens (including phenoxy) is 1. The average Bonchev–Trinajstić information content (AvgIpc) is 3.14. The Kier molecular flexibility index (Phi) is 5.01. The largest absolute Gasteiger partial charge is 0.458 e. The van der Waals surface area contributed by atoms with Gasteiger partial charge in [-0.3, -0.25) is 4.55 Å². The Labute approximate surface area is 158 Å². The maximum Gasteiger partial charge on any atom is 0.430 e. The van der Waals surface area contributed by atoms with E-state index in [2.05, 4.69) is 4.74 Å². The van der Waals surface area contributed by atoms with E-state index in [-0.39, 0.29) is 5.92 Å². The average molecular weight is 460 g/mol. The second-order valence-electron chi connectivity index (χ2n) is 6.67. The summed E-state index contributed by atoms with van der Waals surface area (Å²) in [6.07, 6.45) is -12.9. The van der Waals surface area contributed by atoms with Crippen LogP contribution >= 0.6 is 23.5 Å². The molecule has 0 radical (unpaired) electrons. The van der Waals surface area contributed by atoms with Gasteiger partial charge in [-0.25, -0.2) is 4.79 Å². The molecule has 5 nitrogen and oxygen atoms in total. The van der Waals surface area contributed by atoms with Crippen LogP contribution in [0.3, 0.4) is 0 Å². The summed E-state index contributed by atoms with van der Waals surface area (Å²) in [5, 5.41) is 0. The lowest BCUT2D eigenvalue weighted by molar-refractivity contribution is -0.270. The Morgan fingerprint density at radius 1 is 1.04 bits per heavy atom. The smallest absolute Gasteiger partial charge is 0.430 e. The predicted octanol–water partition coefficient (Wildman–Crippen LogP) is 3.26. The van der Waals surface area contributed by atoms with Crippen molar-refractivity contribution in [1.82, 2.24) is 0 Å². The summed E-state index contributed by atoms with van der Waals surface area (Å²) in [5.74, 6) is -2.37. The maximum absolute atomic E-state index is 13.3. The van der Waals surface area contributed by atoms with Gasteiger partial charge < -0.3 is 4.74 Å². The molecule has 3 rings (SSSR count). The van der Waals surface area contributed by atoms with Crippen LogP contribution in [0.25, 0.3) is 0 Å². The zero-order chi connectivity index (χ0) is 20.5. The Morgan fingerprint density at radius 3 is 2.00 bits per heavy atom. The van der Waals surface area contributed by atoms with E-state index in [0.29, 0.717) is 30.8 Å². The number of alkyl halides is 6. The van der Waals surface area contributed by atoms with Crippen molar-refractivity contribution in [2.45, 2.75) is 46.5 Å². The molecule has 1 N–H and O–H groups in total. The van der Waals surface area contributed by atoms with Crippen molar-refractivity contribution < 1.29 is 48.8 Å². The van der Waals surface area contributed by atoms with Gasteiger partial charge in [0, 0.05) is 11.5 Å². The van der Waals surface area contributed by atoms with Crippen LogP contribution in [0.1, 0.15) is 19.3 Å². The third-order valence-electron chi connectivity index (χ3n) is 5.31. The highest BCUT2D eigenvalue weighted by atomic mass is 32.2. The summed E-state index contributed by atoms with van der Waals surface area (Å²) in [6, 6.07) is 0. The summed E-state index contributed by atoms with van der Waals surface area (Å²) >= 11 is 2.62. The molecule has 0 aromatic rings. The van der Waals surface area contributed by atoms with Gasteiger partial charge in [0.15, 0.2) is 0 Å². The van der Waals surface area contributed by atoms with Crippen LogP contribution in [0.4, 0.5) is 26.3 Å². The minimum Gasteiger partial charge on any atom is -0.458 e. The zero-order valence-corrected chi connectivity index (χ0v) is 15.8. The van der Waals surface area contributed by atoms with Crippen molar-refractivity contribution in [3.8, 4) is 0 Å². The molecule has 27 heavy (non-hydrogen) atoms. The van der Waals surface area contributed by atoms with E-state index in [4.69, 9.17) is 4.55 Å². The van der Waals surface area contributed by atoms with Crippen LogP contribution in [0.5, 0.6) is 0 Å². The SMILES string of the molecule is O=C(OC1C2CCC(C2)C12SCCS2)C(C(F)(F)F)(C(F)(F)F)S(=O)(=O)O. The number of hydrogen-bond donors (Lipinski definition) is 1. The Morgan fingerprint density at radius 2 is 1.56 bits per heavy atom. The maximum atomic E-state index is 13.3. The number of carbonyl (C=O) groups is 1. The molecule has 156 valence electrons. The molecule has 1 saturated heterocycles. The molecule has 0 amide bonds. The lowest BCUT2D eigenvalue weighted by atomic mass is 9.96. The second-order valence-corrected chi connectivity index (χ2v) is 11.2. The molecule has 2 saturated carbocycles. The normalized spacial score (nSPS) is 30.9. The molecule has 3 unspecified atom stereocenters. The van der Waals surface area contributed by atoms with Crippen molar-refractivity contribution in [2.75, 3.05) is 11.5 Å². The van der Waals surface area contributed by atoms with Crippen molar-refractivity contribution in [2.24, 2.45) is 11.8 Å². The second kappa shape index (κ2) is 6.33. The van der Waals surface area contributed by atoms with Gasteiger partial charge >= 0.3 is 33.2 Å². The molecular weight excluding hydrogens is 446 g/mol. The molecule has 1 spiro atoms. The van der Waals surface area contributed by atoms with Crippen molar-refractivity contribution in [3.63, 3.8) is 0 Å². The van der Waals surface area contributed by atoms with Gasteiger partial charge in [-0.15, -0.1) is 23.5 Å². The van der Waals surface area contributed by atoms with Gasteiger partial charge in [-0.1, -0.05) is 0 Å². The minimum atomic E-state index is -6.97. The number of rotatable bonds is 3. The van der Waals surface area contributed by atoms with Gasteiger partial charge in [0.05, 0.1) is 0 Å². The zero-order valence-electron chi connectivity index (χ0n) is 13.3. The molecule has 1 heterocycles. The highest BCUT2D eigenvalue weighted by Gasteiger charge is 2.85. The third-order valence-corrected chi connectivity index (χ3v) is 10.5. The molecular formula is C13H14F6O5S3. The van der Waals surface area contributed by atoms with E-state index >= 15 is 0 Å². The van der Waals surface area contributed by atoms with Gasteiger partial charge in [0.1, 0.15) is 10.2 Å². The highest BCUT2D eigenvalue weighted by molar-refractivity contribution is 8.21. The van der Waals surface area contributed by atoms with Gasteiger partial charge in [0.25, 0.3) is 0 Å². The standard InChI is InChI=1S/C13H14F6O5S3/c14-12(15,16)11(13(17,18)19,27(21,22)23)9(20)24-8-6-1-2-7(5-6)10(8)25-3-4-26-10/h6-8H,1-5H2,(H,21,22,23). The van der Waals surface area contributed by atoms with E-state index in [1.165, 1.54) is 23.5 Å². The number of thioether (sulfide) groups is 2. The molecule has 0 aromatic heterocycles. The predicted molar refractivity (Wildman–Crippen MR) is 84.7 cm³/mol. The fraction of sp³-hybridized carbons (Fsp3) is 0.923. The number of carbonyl (C=O) groups excluding carboxylic acids is 1. The van der Waals surface area contributed by atoms with Gasteiger partial charge in [0.2, 0.25) is 0 Å². The lowest BCUT2D eigenvalue weighted by Gasteiger charge is -2.40. The molecule has 2 bridgehead atoms. The quantitative estimate of drug-likeness (QED) is 0.393. The molecule has 1 aliphatic heterocycles. The van der Waals surface area contributed by atoms with E-state index in [1.807, 2.05) is 0 Å². The highest BCUT2D eigenvalue weighted by Crippen LogP contribution is 2.66. The first kappa shape index (κ1) is 21.4. The monoisotopic (exact) mass is 460 g/mol. The summed E-state index contributed by atoms with van der Waals surface area (Å²) in [7, 11) is -6.97. The Bertz CT molecular complexity index is 714. The molecule has 0 aromatic carbocycles. The summed E-state index contributed by atoms with van der Waals surface area (Å²) in [4.78, 5) is 12.2. The van der Waals surface area contributed by atoms with Crippen molar-refractivity contribution in [1.29, 1.82) is 0 Å². The first-order valence-corrected chi connectivity index (χ1v) is 11.2. The number of fused-ring (bicyclic) bond motifs is 3. The van der Waals surface area contributed by atoms with Crippen LogP contribution in [0, 0.1) is 11.8 Å². The Hall–Kier alpha value is -0.340. The summed E-state index contributed by atoms with van der Waals surface area (Å²) in [6.45, 7) is 0. The Balaban J connectivity index is 2.04. The number of hydrogen-bond acceptors (Lipinski definition) is 6. The van der Waals surface area contributed by atoms with Crippen LogP contribution in [-0.2, 0) is 19.6 Å². The molecule has 2 aliphatic carbocycles. The van der Waals surface area contributed by atoms with E-state index in [1.54, 1.807) is 0 Å². The van der Waals surface area contributed by atoms with Crippen molar-refractivity contribution >= 4 is 39.6 Å². The minimum absolute atomic E-state index is 0.0466. The summed E-state index contributed by atoms with van der Waals surface area (Å²) < 4.78 is 109. The molecule has 14 heteroatoms. The van der Waals surface area contributed by atoms with Crippen LogP contribution in [0.2, 0.25) is 0 Å². The first-order chi connectivity index (χ1) is 12.2. The topological polar surface area (TPSA) is 80.7 Å². The van der Waals surface area contributed by atoms with E-state index in [0.717, 1.165) is 0 Å². The number of esters is 1. The van der Waals surface area contributed by atoms with Crippen LogP contribution in [0.15, 0.2) is 0 Å². The number of halogens is 6. The fourth-order valence-corrected chi connectivity index (χ4v) is 8.92. The van der Waals surface area contributed by atoms with Crippen LogP contribution in [-0.4, -0.2) is 57.7 Å². The van der Waals surface area contributed by atoms with Gasteiger partial charge in [-0.2, -0.15) is 34.8 Å².